The second-order valence-electron chi connectivity index (χ2n) is 3.81. The lowest BCUT2D eigenvalue weighted by Crippen LogP contribution is -2.17. The number of hydrogen-bond acceptors (Lipinski definition) is 5. The second kappa shape index (κ2) is 4.58. The van der Waals surface area contributed by atoms with E-state index in [1.165, 1.54) is 0 Å². The molecule has 1 atom stereocenters. The van der Waals surface area contributed by atoms with Crippen LogP contribution in [0.3, 0.4) is 0 Å². The highest BCUT2D eigenvalue weighted by molar-refractivity contribution is 5.79. The molecule has 2 N–H and O–H groups in total. The van der Waals surface area contributed by atoms with Crippen molar-refractivity contribution in [1.29, 1.82) is 0 Å². The number of nitrogens with zero attached hydrogens (tertiary/aromatic N) is 3. The number of benzene rings is 1. The van der Waals surface area contributed by atoms with E-state index in [-0.39, 0.29) is 6.04 Å². The maximum atomic E-state index is 5.64. The highest BCUT2D eigenvalue weighted by atomic mass is 16.5. The van der Waals surface area contributed by atoms with Crippen LogP contribution >= 0.6 is 0 Å². The average Bonchev–Trinajstić information content (AvgIpc) is 2.78. The fourth-order valence-corrected chi connectivity index (χ4v) is 1.69. The fraction of sp³-hybridized carbons (Fsp3) is 0.455. The Morgan fingerprint density at radius 3 is 2.53 bits per heavy atom. The van der Waals surface area contributed by atoms with Crippen molar-refractivity contribution in [1.82, 2.24) is 15.0 Å². The fourth-order valence-electron chi connectivity index (χ4n) is 1.69. The maximum absolute atomic E-state index is 5.64. The lowest BCUT2D eigenvalue weighted by atomic mass is 10.2. The summed E-state index contributed by atoms with van der Waals surface area (Å²) in [5, 5.41) is 8.19. The zero-order chi connectivity index (χ0) is 12.4. The van der Waals surface area contributed by atoms with Gasteiger partial charge in [0.2, 0.25) is 0 Å². The van der Waals surface area contributed by atoms with Crippen LogP contribution in [0.2, 0.25) is 0 Å². The van der Waals surface area contributed by atoms with Gasteiger partial charge in [-0.2, -0.15) is 0 Å². The Balaban J connectivity index is 2.60. The molecule has 0 bridgehead atoms. The van der Waals surface area contributed by atoms with Crippen LogP contribution in [0, 0.1) is 0 Å². The largest absolute Gasteiger partial charge is 0.493 e. The lowest BCUT2D eigenvalue weighted by Gasteiger charge is -2.11. The molecule has 17 heavy (non-hydrogen) atoms. The van der Waals surface area contributed by atoms with Crippen LogP contribution in [0.5, 0.6) is 11.5 Å². The summed E-state index contributed by atoms with van der Waals surface area (Å²) in [6, 6.07) is 3.76. The number of ether oxygens (including phenoxy) is 2. The minimum absolute atomic E-state index is 0.0955. The second-order valence-corrected chi connectivity index (χ2v) is 3.81. The van der Waals surface area contributed by atoms with Crippen LogP contribution in [0.25, 0.3) is 11.0 Å². The molecule has 92 valence electrons. The predicted molar refractivity (Wildman–Crippen MR) is 64.4 cm³/mol. The van der Waals surface area contributed by atoms with Crippen LogP contribution in [0.15, 0.2) is 12.1 Å². The molecule has 0 saturated carbocycles. The Bertz CT molecular complexity index is 523. The molecule has 0 radical (unpaired) electrons. The quantitative estimate of drug-likeness (QED) is 0.856. The molecule has 1 heterocycles. The van der Waals surface area contributed by atoms with Crippen LogP contribution < -0.4 is 15.2 Å². The van der Waals surface area contributed by atoms with Crippen molar-refractivity contribution < 1.29 is 9.47 Å². The molecule has 1 aromatic carbocycles. The first kappa shape index (κ1) is 11.7. The smallest absolute Gasteiger partial charge is 0.163 e. The van der Waals surface area contributed by atoms with Gasteiger partial charge < -0.3 is 15.2 Å². The van der Waals surface area contributed by atoms with Gasteiger partial charge in [-0.3, -0.25) is 0 Å². The number of fused-ring (bicyclic) bond motifs is 1. The number of nitrogens with two attached hydrogens (primary N) is 1. The summed E-state index contributed by atoms with van der Waals surface area (Å²) in [6.45, 7) is 2.50. The molecule has 6 nitrogen and oxygen atoms in total. The van der Waals surface area contributed by atoms with Gasteiger partial charge in [-0.05, 0) is 6.92 Å². The molecule has 1 unspecified atom stereocenters. The van der Waals surface area contributed by atoms with Crippen LogP contribution in [0.4, 0.5) is 0 Å². The molecule has 0 amide bonds. The molecule has 2 aromatic rings. The third kappa shape index (κ3) is 1.91. The van der Waals surface area contributed by atoms with Gasteiger partial charge in [0.25, 0.3) is 0 Å². The first-order valence-corrected chi connectivity index (χ1v) is 5.38. The minimum atomic E-state index is 0.0955. The molecule has 1 aromatic heterocycles. The monoisotopic (exact) mass is 236 g/mol. The van der Waals surface area contributed by atoms with Gasteiger partial charge in [0, 0.05) is 18.7 Å². The Labute approximate surface area is 99.3 Å². The molecule has 0 aliphatic heterocycles. The van der Waals surface area contributed by atoms with E-state index in [1.54, 1.807) is 25.0 Å². The summed E-state index contributed by atoms with van der Waals surface area (Å²) in [6.07, 6.45) is 0. The zero-order valence-corrected chi connectivity index (χ0v) is 10.2. The molecule has 0 aliphatic carbocycles. The van der Waals surface area contributed by atoms with Crippen LogP contribution in [0.1, 0.15) is 13.0 Å². The van der Waals surface area contributed by atoms with Gasteiger partial charge in [0.15, 0.2) is 11.5 Å². The third-order valence-electron chi connectivity index (χ3n) is 2.73. The summed E-state index contributed by atoms with van der Waals surface area (Å²) in [7, 11) is 3.20. The van der Waals surface area contributed by atoms with Gasteiger partial charge in [-0.25, -0.2) is 4.68 Å². The Kier molecular flexibility index (Phi) is 3.14. The van der Waals surface area contributed by atoms with E-state index in [2.05, 4.69) is 10.3 Å². The van der Waals surface area contributed by atoms with E-state index in [0.717, 1.165) is 11.0 Å². The number of aromatic nitrogens is 3. The lowest BCUT2D eigenvalue weighted by molar-refractivity contribution is 0.355. The minimum Gasteiger partial charge on any atom is -0.493 e. The van der Waals surface area contributed by atoms with E-state index in [1.807, 2.05) is 13.0 Å². The molecular formula is C11H16N4O2. The highest BCUT2D eigenvalue weighted by Crippen LogP contribution is 2.31. The van der Waals surface area contributed by atoms with Crippen molar-refractivity contribution in [3.05, 3.63) is 12.1 Å². The summed E-state index contributed by atoms with van der Waals surface area (Å²) in [5.41, 5.74) is 7.29. The zero-order valence-electron chi connectivity index (χ0n) is 10.2. The van der Waals surface area contributed by atoms with Crippen molar-refractivity contribution in [2.45, 2.75) is 13.0 Å². The number of methoxy groups -OCH3 is 2. The van der Waals surface area contributed by atoms with E-state index in [4.69, 9.17) is 15.2 Å². The summed E-state index contributed by atoms with van der Waals surface area (Å²) < 4.78 is 12.3. The van der Waals surface area contributed by atoms with Gasteiger partial charge in [-0.1, -0.05) is 5.21 Å². The first-order chi connectivity index (χ1) is 8.21. The number of rotatable bonds is 4. The third-order valence-corrected chi connectivity index (χ3v) is 2.73. The van der Waals surface area contributed by atoms with Gasteiger partial charge in [-0.15, -0.1) is 5.10 Å². The Morgan fingerprint density at radius 2 is 1.94 bits per heavy atom. The highest BCUT2D eigenvalue weighted by Gasteiger charge is 2.14. The molecule has 6 heteroatoms. The normalized spacial score (nSPS) is 12.7. The van der Waals surface area contributed by atoms with E-state index < -0.39 is 0 Å². The Hall–Kier alpha value is -1.82. The van der Waals surface area contributed by atoms with Crippen molar-refractivity contribution in [2.75, 3.05) is 20.8 Å². The average molecular weight is 236 g/mol. The predicted octanol–water partition coefficient (Wildman–Crippen LogP) is 0.968. The molecule has 0 saturated heterocycles. The van der Waals surface area contributed by atoms with Gasteiger partial charge in [0.05, 0.1) is 25.8 Å². The summed E-state index contributed by atoms with van der Waals surface area (Å²) in [5.74, 6) is 1.31. The molecule has 0 fully saturated rings. The molecular weight excluding hydrogens is 220 g/mol. The first-order valence-electron chi connectivity index (χ1n) is 5.38. The SMILES string of the molecule is COc1cc2nnn(C(C)CN)c2cc1OC. The molecule has 0 spiro atoms. The standard InChI is InChI=1S/C11H16N4O2/c1-7(6-12)15-9-5-11(17-3)10(16-2)4-8(9)13-14-15/h4-5,7H,6,12H2,1-3H3. The van der Waals surface area contributed by atoms with Gasteiger partial charge >= 0.3 is 0 Å². The van der Waals surface area contributed by atoms with Crippen molar-refractivity contribution in [2.24, 2.45) is 5.73 Å². The van der Waals surface area contributed by atoms with Gasteiger partial charge in [0.1, 0.15) is 5.52 Å². The van der Waals surface area contributed by atoms with E-state index >= 15 is 0 Å². The molecule has 2 rings (SSSR count). The Morgan fingerprint density at radius 1 is 1.29 bits per heavy atom. The van der Waals surface area contributed by atoms with E-state index in [0.29, 0.717) is 18.0 Å². The van der Waals surface area contributed by atoms with Crippen LogP contribution in [-0.4, -0.2) is 35.8 Å². The molecule has 0 aliphatic rings. The maximum Gasteiger partial charge on any atom is 0.163 e. The van der Waals surface area contributed by atoms with E-state index in [9.17, 15) is 0 Å². The van der Waals surface area contributed by atoms with Crippen molar-refractivity contribution >= 4 is 11.0 Å². The number of hydrogen-bond donors (Lipinski definition) is 1. The van der Waals surface area contributed by atoms with Crippen molar-refractivity contribution in [3.63, 3.8) is 0 Å². The topological polar surface area (TPSA) is 75.2 Å². The summed E-state index contributed by atoms with van der Waals surface area (Å²) in [4.78, 5) is 0. The van der Waals surface area contributed by atoms with Crippen LogP contribution in [-0.2, 0) is 0 Å². The summed E-state index contributed by atoms with van der Waals surface area (Å²) >= 11 is 0. The van der Waals surface area contributed by atoms with Crippen molar-refractivity contribution in [3.8, 4) is 11.5 Å².